The lowest BCUT2D eigenvalue weighted by Gasteiger charge is -2.04. The molecule has 2 unspecified atom stereocenters. The Balaban J connectivity index is 0.000000241. The Morgan fingerprint density at radius 1 is 1.14 bits per heavy atom. The monoisotopic (exact) mass is 196 g/mol. The maximum atomic E-state index is 4.02. The second-order valence-corrected chi connectivity index (χ2v) is 4.58. The summed E-state index contributed by atoms with van der Waals surface area (Å²) in [5.74, 6) is 1.67. The van der Waals surface area contributed by atoms with E-state index in [-0.39, 0.29) is 0 Å². The minimum absolute atomic E-state index is 0.764. The van der Waals surface area contributed by atoms with Crippen molar-refractivity contribution in [1.29, 1.82) is 0 Å². The van der Waals surface area contributed by atoms with Crippen molar-refractivity contribution in [3.63, 3.8) is 0 Å². The van der Waals surface area contributed by atoms with Crippen molar-refractivity contribution in [3.8, 4) is 0 Å². The third-order valence-electron chi connectivity index (χ3n) is 3.14. The fourth-order valence-electron chi connectivity index (χ4n) is 1.83. The molecule has 84 valence electrons. The Labute approximate surface area is 91.5 Å². The molecular formula is C14H28. The van der Waals surface area contributed by atoms with Crippen LogP contribution in [0.5, 0.6) is 0 Å². The summed E-state index contributed by atoms with van der Waals surface area (Å²) in [4.78, 5) is 0. The summed E-state index contributed by atoms with van der Waals surface area (Å²) in [6.07, 6.45) is 10.7. The van der Waals surface area contributed by atoms with Gasteiger partial charge in [0.25, 0.3) is 0 Å². The van der Waals surface area contributed by atoms with Crippen molar-refractivity contribution in [2.75, 3.05) is 0 Å². The van der Waals surface area contributed by atoms with Gasteiger partial charge in [0.05, 0.1) is 0 Å². The Kier molecular flexibility index (Phi) is 9.55. The molecule has 0 nitrogen and oxygen atoms in total. The van der Waals surface area contributed by atoms with E-state index in [2.05, 4.69) is 27.7 Å². The van der Waals surface area contributed by atoms with Crippen LogP contribution in [0.3, 0.4) is 0 Å². The molecule has 2 atom stereocenters. The second-order valence-electron chi connectivity index (χ2n) is 4.58. The Bertz CT molecular complexity index is 94.6. The van der Waals surface area contributed by atoms with Crippen LogP contribution in [-0.4, -0.2) is 0 Å². The molecule has 0 aromatic rings. The molecule has 2 radical (unpaired) electrons. The van der Waals surface area contributed by atoms with Gasteiger partial charge in [0.1, 0.15) is 0 Å². The molecule has 0 aromatic heterocycles. The molecule has 1 aliphatic carbocycles. The fourth-order valence-corrected chi connectivity index (χ4v) is 1.83. The molecule has 14 heavy (non-hydrogen) atoms. The summed E-state index contributed by atoms with van der Waals surface area (Å²) < 4.78 is 0. The van der Waals surface area contributed by atoms with Crippen molar-refractivity contribution >= 4 is 0 Å². The van der Waals surface area contributed by atoms with E-state index >= 15 is 0 Å². The average molecular weight is 196 g/mol. The lowest BCUT2D eigenvalue weighted by molar-refractivity contribution is 0.500. The van der Waals surface area contributed by atoms with E-state index < -0.39 is 0 Å². The van der Waals surface area contributed by atoms with Gasteiger partial charge in [-0.1, -0.05) is 72.1 Å². The van der Waals surface area contributed by atoms with Gasteiger partial charge in [-0.15, -0.1) is 0 Å². The number of unbranched alkanes of at least 4 members (excludes halogenated alkanes) is 4. The Hall–Kier alpha value is 0. The molecule has 1 aliphatic rings. The minimum atomic E-state index is 0.764. The molecule has 1 saturated carbocycles. The standard InChI is InChI=1S/C7H13.C7H15/c1-6-4-3-5-7(6)2;1-3-5-7-6-4-2/h6-7H,1,3-5H2,2H3;1,3-7H2,2H3. The summed E-state index contributed by atoms with van der Waals surface area (Å²) in [5.41, 5.74) is 0. The predicted molar refractivity (Wildman–Crippen MR) is 66.0 cm³/mol. The highest BCUT2D eigenvalue weighted by Crippen LogP contribution is 2.29. The zero-order valence-electron chi connectivity index (χ0n) is 10.2. The van der Waals surface area contributed by atoms with Crippen LogP contribution in [0.4, 0.5) is 0 Å². The summed E-state index contributed by atoms with van der Waals surface area (Å²) in [6, 6.07) is 0. The Morgan fingerprint density at radius 2 is 1.86 bits per heavy atom. The largest absolute Gasteiger partial charge is 0.0654 e. The predicted octanol–water partition coefficient (Wildman–Crippen LogP) is 5.05. The molecule has 0 aliphatic heterocycles. The van der Waals surface area contributed by atoms with Crippen LogP contribution < -0.4 is 0 Å². The Morgan fingerprint density at radius 3 is 2.14 bits per heavy atom. The zero-order chi connectivity index (χ0) is 10.8. The minimum Gasteiger partial charge on any atom is -0.0654 e. The van der Waals surface area contributed by atoms with E-state index in [1.807, 2.05) is 0 Å². The first-order chi connectivity index (χ1) is 6.72. The van der Waals surface area contributed by atoms with Crippen molar-refractivity contribution in [3.05, 3.63) is 13.8 Å². The first-order valence-corrected chi connectivity index (χ1v) is 6.34. The van der Waals surface area contributed by atoms with Crippen molar-refractivity contribution < 1.29 is 0 Å². The van der Waals surface area contributed by atoms with Gasteiger partial charge in [0.2, 0.25) is 0 Å². The summed E-state index contributed by atoms with van der Waals surface area (Å²) >= 11 is 0. The van der Waals surface area contributed by atoms with Crippen LogP contribution in [0.15, 0.2) is 0 Å². The van der Waals surface area contributed by atoms with Gasteiger partial charge in [-0.05, 0) is 18.8 Å². The highest BCUT2D eigenvalue weighted by Gasteiger charge is 2.17. The first-order valence-electron chi connectivity index (χ1n) is 6.34. The number of hydrogen-bond donors (Lipinski definition) is 0. The highest BCUT2D eigenvalue weighted by atomic mass is 14.2. The molecule has 0 saturated heterocycles. The summed E-state index contributed by atoms with van der Waals surface area (Å²) in [6.45, 7) is 12.3. The topological polar surface area (TPSA) is 0 Å². The van der Waals surface area contributed by atoms with Crippen molar-refractivity contribution in [2.24, 2.45) is 11.8 Å². The van der Waals surface area contributed by atoms with Crippen molar-refractivity contribution in [2.45, 2.75) is 65.2 Å². The van der Waals surface area contributed by atoms with E-state index in [9.17, 15) is 0 Å². The second kappa shape index (κ2) is 9.55. The highest BCUT2D eigenvalue weighted by molar-refractivity contribution is 4.74. The summed E-state index contributed by atoms with van der Waals surface area (Å²) in [7, 11) is 0. The van der Waals surface area contributed by atoms with Gasteiger partial charge < -0.3 is 0 Å². The van der Waals surface area contributed by atoms with Gasteiger partial charge >= 0.3 is 0 Å². The molecule has 0 N–H and O–H groups in total. The molecule has 1 rings (SSSR count). The van der Waals surface area contributed by atoms with E-state index in [0.29, 0.717) is 0 Å². The van der Waals surface area contributed by atoms with Crippen molar-refractivity contribution in [1.82, 2.24) is 0 Å². The summed E-state index contributed by atoms with van der Waals surface area (Å²) in [5, 5.41) is 0. The third kappa shape index (κ3) is 7.41. The molecule has 1 fully saturated rings. The van der Waals surface area contributed by atoms with E-state index in [0.717, 1.165) is 18.3 Å². The van der Waals surface area contributed by atoms with Gasteiger partial charge in [-0.3, -0.25) is 0 Å². The first kappa shape index (κ1) is 14.0. The maximum absolute atomic E-state index is 4.02. The normalized spacial score (nSPS) is 25.7. The average Bonchev–Trinajstić information content (AvgIpc) is 2.53. The molecule has 0 spiro atoms. The fraction of sp³-hybridized carbons (Fsp3) is 0.857. The van der Waals surface area contributed by atoms with Crippen LogP contribution in [0.2, 0.25) is 0 Å². The molecule has 0 aromatic carbocycles. The van der Waals surface area contributed by atoms with Gasteiger partial charge in [-0.25, -0.2) is 0 Å². The molecular weight excluding hydrogens is 168 g/mol. The quantitative estimate of drug-likeness (QED) is 0.552. The number of hydrogen-bond acceptors (Lipinski definition) is 0. The van der Waals surface area contributed by atoms with E-state index in [4.69, 9.17) is 0 Å². The van der Waals surface area contributed by atoms with E-state index in [1.165, 1.54) is 44.9 Å². The number of rotatable bonds is 4. The van der Waals surface area contributed by atoms with Gasteiger partial charge in [-0.2, -0.15) is 0 Å². The maximum Gasteiger partial charge on any atom is -0.0388 e. The lowest BCUT2D eigenvalue weighted by atomic mass is 10.0. The SMILES string of the molecule is [CH2]C1CCCC1C.[CH2]CCCCCC. The third-order valence-corrected chi connectivity index (χ3v) is 3.14. The molecule has 0 amide bonds. The smallest absolute Gasteiger partial charge is 0.0388 e. The molecule has 0 heteroatoms. The molecule has 0 heterocycles. The van der Waals surface area contributed by atoms with E-state index in [1.54, 1.807) is 0 Å². The van der Waals surface area contributed by atoms with Gasteiger partial charge in [0, 0.05) is 0 Å². The van der Waals surface area contributed by atoms with Crippen LogP contribution in [-0.2, 0) is 0 Å². The molecule has 0 bridgehead atoms. The van der Waals surface area contributed by atoms with Gasteiger partial charge in [0.15, 0.2) is 0 Å². The zero-order valence-corrected chi connectivity index (χ0v) is 10.2. The lowest BCUT2D eigenvalue weighted by Crippen LogP contribution is -1.96. The van der Waals surface area contributed by atoms with Crippen LogP contribution in [0.25, 0.3) is 0 Å². The van der Waals surface area contributed by atoms with Crippen LogP contribution in [0, 0.1) is 25.7 Å². The van der Waals surface area contributed by atoms with Crippen LogP contribution >= 0.6 is 0 Å². The van der Waals surface area contributed by atoms with Crippen LogP contribution in [0.1, 0.15) is 65.2 Å².